The van der Waals surface area contributed by atoms with E-state index in [2.05, 4.69) is 43.4 Å². The number of esters is 1. The maximum Gasteiger partial charge on any atom is 0.306 e. The number of hydrogen-bond donors (Lipinski definition) is 2. The Balaban J connectivity index is 1.93. The van der Waals surface area contributed by atoms with E-state index in [1.807, 2.05) is 0 Å². The molecule has 1 rings (SSSR count). The first-order valence-corrected chi connectivity index (χ1v) is 10.7. The maximum atomic E-state index is 11.5. The molecule has 0 bridgehead atoms. The molecule has 1 heterocycles. The smallest absolute Gasteiger partial charge is 0.306 e. The van der Waals surface area contributed by atoms with Crippen LogP contribution in [0.2, 0.25) is 0 Å². The van der Waals surface area contributed by atoms with Crippen LogP contribution in [-0.4, -0.2) is 47.7 Å². The van der Waals surface area contributed by atoms with E-state index in [0.29, 0.717) is 25.0 Å². The number of hydrogen-bond acceptors (Lipinski definition) is 5. The van der Waals surface area contributed by atoms with Crippen LogP contribution in [0.3, 0.4) is 0 Å². The number of rotatable bonds is 17. The largest absolute Gasteiger partial charge is 0.457 e. The fraction of sp³-hybridized carbons (Fsp3) is 0.696. The summed E-state index contributed by atoms with van der Waals surface area (Å²) in [6.07, 6.45) is 22.8. The van der Waals surface area contributed by atoms with Crippen LogP contribution in [0, 0.1) is 0 Å². The van der Waals surface area contributed by atoms with E-state index in [1.54, 1.807) is 0 Å². The Hall–Kier alpha value is -1.43. The monoisotopic (exact) mass is 394 g/mol. The van der Waals surface area contributed by atoms with Gasteiger partial charge in [0.15, 0.2) is 0 Å². The highest BCUT2D eigenvalue weighted by Crippen LogP contribution is 2.30. The minimum atomic E-state index is -0.800. The molecule has 0 aromatic rings. The SMILES string of the molecule is CCCCCC1OC1CC=CCC=CCC=CCCCC(=O)OC(CO)CO. The molecule has 0 radical (unpaired) electrons. The van der Waals surface area contributed by atoms with Gasteiger partial charge in [-0.05, 0) is 38.5 Å². The molecule has 2 N–H and O–H groups in total. The van der Waals surface area contributed by atoms with Crippen molar-refractivity contribution in [3.05, 3.63) is 36.5 Å². The van der Waals surface area contributed by atoms with E-state index >= 15 is 0 Å². The molecule has 1 saturated heterocycles. The van der Waals surface area contributed by atoms with Crippen LogP contribution < -0.4 is 0 Å². The van der Waals surface area contributed by atoms with Gasteiger partial charge in [-0.1, -0.05) is 62.6 Å². The van der Waals surface area contributed by atoms with Crippen LogP contribution in [0.25, 0.3) is 0 Å². The summed E-state index contributed by atoms with van der Waals surface area (Å²) in [4.78, 5) is 11.5. The number of aliphatic hydroxyl groups excluding tert-OH is 2. The van der Waals surface area contributed by atoms with Crippen molar-refractivity contribution in [2.45, 2.75) is 89.4 Å². The van der Waals surface area contributed by atoms with Crippen molar-refractivity contribution in [2.24, 2.45) is 0 Å². The maximum absolute atomic E-state index is 11.5. The van der Waals surface area contributed by atoms with Crippen molar-refractivity contribution < 1.29 is 24.5 Å². The molecule has 28 heavy (non-hydrogen) atoms. The molecular formula is C23H38O5. The van der Waals surface area contributed by atoms with Gasteiger partial charge in [0.1, 0.15) is 6.10 Å². The molecule has 5 nitrogen and oxygen atoms in total. The van der Waals surface area contributed by atoms with E-state index in [0.717, 1.165) is 25.7 Å². The lowest BCUT2D eigenvalue weighted by molar-refractivity contribution is -0.153. The summed E-state index contributed by atoms with van der Waals surface area (Å²) in [7, 11) is 0. The molecule has 0 aromatic carbocycles. The Morgan fingerprint density at radius 3 is 2.32 bits per heavy atom. The van der Waals surface area contributed by atoms with Crippen molar-refractivity contribution in [2.75, 3.05) is 13.2 Å². The standard InChI is InChI=1S/C23H38O5/c1-2-3-12-15-21-22(28-21)16-13-10-8-6-4-5-7-9-11-14-17-23(26)27-20(18-24)19-25/h4,6-7,9-10,13,20-22,24-25H,2-3,5,8,11-12,14-19H2,1H3. The zero-order chi connectivity index (χ0) is 20.5. The summed E-state index contributed by atoms with van der Waals surface area (Å²) < 4.78 is 10.6. The predicted molar refractivity (Wildman–Crippen MR) is 112 cm³/mol. The van der Waals surface area contributed by atoms with Crippen LogP contribution in [0.4, 0.5) is 0 Å². The molecule has 0 aromatic heterocycles. The molecule has 0 spiro atoms. The van der Waals surface area contributed by atoms with Crippen LogP contribution >= 0.6 is 0 Å². The van der Waals surface area contributed by atoms with Gasteiger partial charge in [-0.25, -0.2) is 0 Å². The molecule has 1 aliphatic rings. The van der Waals surface area contributed by atoms with Gasteiger partial charge in [0.2, 0.25) is 0 Å². The Morgan fingerprint density at radius 1 is 0.964 bits per heavy atom. The van der Waals surface area contributed by atoms with E-state index < -0.39 is 6.10 Å². The molecule has 2 atom stereocenters. The number of epoxide rings is 1. The molecule has 160 valence electrons. The molecule has 0 aliphatic carbocycles. The van der Waals surface area contributed by atoms with Crippen LogP contribution in [-0.2, 0) is 14.3 Å². The number of carbonyl (C=O) groups excluding carboxylic acids is 1. The van der Waals surface area contributed by atoms with Gasteiger partial charge in [-0.2, -0.15) is 0 Å². The Bertz CT molecular complexity index is 479. The topological polar surface area (TPSA) is 79.3 Å². The molecule has 5 heteroatoms. The second-order valence-electron chi connectivity index (χ2n) is 7.20. The Morgan fingerprint density at radius 2 is 1.64 bits per heavy atom. The summed E-state index contributed by atoms with van der Waals surface area (Å²) in [5.74, 6) is -0.378. The third-order valence-electron chi connectivity index (χ3n) is 4.65. The second-order valence-corrected chi connectivity index (χ2v) is 7.20. The molecule has 2 unspecified atom stereocenters. The first-order chi connectivity index (χ1) is 13.7. The highest BCUT2D eigenvalue weighted by atomic mass is 16.6. The van der Waals surface area contributed by atoms with E-state index in [-0.39, 0.29) is 19.2 Å². The number of ether oxygens (including phenoxy) is 2. The molecule has 0 saturated carbocycles. The number of allylic oxidation sites excluding steroid dienone is 5. The van der Waals surface area contributed by atoms with E-state index in [9.17, 15) is 4.79 Å². The predicted octanol–water partition coefficient (Wildman–Crippen LogP) is 4.24. The van der Waals surface area contributed by atoms with Gasteiger partial charge >= 0.3 is 5.97 Å². The molecule has 1 aliphatic heterocycles. The zero-order valence-corrected chi connectivity index (χ0v) is 17.3. The molecular weight excluding hydrogens is 356 g/mol. The first kappa shape index (κ1) is 24.6. The zero-order valence-electron chi connectivity index (χ0n) is 17.3. The Labute approximate surface area is 170 Å². The van der Waals surface area contributed by atoms with Gasteiger partial charge in [0.05, 0.1) is 25.4 Å². The fourth-order valence-corrected chi connectivity index (χ4v) is 2.87. The third kappa shape index (κ3) is 12.9. The van der Waals surface area contributed by atoms with Crippen molar-refractivity contribution >= 4 is 5.97 Å². The van der Waals surface area contributed by atoms with Gasteiger partial charge in [0, 0.05) is 6.42 Å². The van der Waals surface area contributed by atoms with Gasteiger partial charge in [-0.15, -0.1) is 0 Å². The number of unbranched alkanes of at least 4 members (excludes halogenated alkanes) is 3. The second kappa shape index (κ2) is 16.5. The summed E-state index contributed by atoms with van der Waals surface area (Å²) in [6, 6.07) is 0. The van der Waals surface area contributed by atoms with Crippen molar-refractivity contribution in [3.8, 4) is 0 Å². The summed E-state index contributed by atoms with van der Waals surface area (Å²) in [6.45, 7) is 1.53. The van der Waals surface area contributed by atoms with Crippen LogP contribution in [0.5, 0.6) is 0 Å². The van der Waals surface area contributed by atoms with Gasteiger partial charge < -0.3 is 19.7 Å². The molecule has 1 fully saturated rings. The quantitative estimate of drug-likeness (QED) is 0.167. The van der Waals surface area contributed by atoms with Crippen molar-refractivity contribution in [3.63, 3.8) is 0 Å². The third-order valence-corrected chi connectivity index (χ3v) is 4.65. The minimum Gasteiger partial charge on any atom is -0.457 e. The number of carbonyl (C=O) groups is 1. The lowest BCUT2D eigenvalue weighted by atomic mass is 10.1. The van der Waals surface area contributed by atoms with E-state index in [4.69, 9.17) is 19.7 Å². The normalized spacial score (nSPS) is 19.4. The summed E-state index contributed by atoms with van der Waals surface area (Å²) in [5, 5.41) is 17.7. The average molecular weight is 395 g/mol. The highest BCUT2D eigenvalue weighted by molar-refractivity contribution is 5.69. The van der Waals surface area contributed by atoms with Gasteiger partial charge in [-0.3, -0.25) is 4.79 Å². The summed E-state index contributed by atoms with van der Waals surface area (Å²) >= 11 is 0. The average Bonchev–Trinajstić information content (AvgIpc) is 3.45. The number of aliphatic hydroxyl groups is 2. The lowest BCUT2D eigenvalue weighted by Gasteiger charge is -2.11. The summed E-state index contributed by atoms with van der Waals surface area (Å²) in [5.41, 5.74) is 0. The fourth-order valence-electron chi connectivity index (χ4n) is 2.87. The minimum absolute atomic E-state index is 0.297. The van der Waals surface area contributed by atoms with Crippen LogP contribution in [0.1, 0.15) is 71.1 Å². The van der Waals surface area contributed by atoms with E-state index in [1.165, 1.54) is 25.7 Å². The van der Waals surface area contributed by atoms with Gasteiger partial charge in [0.25, 0.3) is 0 Å². The van der Waals surface area contributed by atoms with Crippen LogP contribution in [0.15, 0.2) is 36.5 Å². The van der Waals surface area contributed by atoms with Crippen molar-refractivity contribution in [1.29, 1.82) is 0 Å². The molecule has 0 amide bonds. The van der Waals surface area contributed by atoms with Crippen molar-refractivity contribution in [1.82, 2.24) is 0 Å². The highest BCUT2D eigenvalue weighted by Gasteiger charge is 2.36. The Kier molecular flexibility index (Phi) is 14.5. The lowest BCUT2D eigenvalue weighted by Crippen LogP contribution is -2.25. The first-order valence-electron chi connectivity index (χ1n) is 10.7.